The van der Waals surface area contributed by atoms with Gasteiger partial charge < -0.3 is 9.32 Å². The monoisotopic (exact) mass is 251 g/mol. The zero-order chi connectivity index (χ0) is 12.3. The average molecular weight is 251 g/mol. The second-order valence-electron chi connectivity index (χ2n) is 3.77. The van der Waals surface area contributed by atoms with Gasteiger partial charge in [-0.15, -0.1) is 10.2 Å². The summed E-state index contributed by atoms with van der Waals surface area (Å²) in [6, 6.07) is 1.95. The van der Waals surface area contributed by atoms with Crippen LogP contribution in [0.25, 0.3) is 0 Å². The Balaban J connectivity index is 1.91. The van der Waals surface area contributed by atoms with Gasteiger partial charge in [0.1, 0.15) is 0 Å². The van der Waals surface area contributed by atoms with E-state index in [1.807, 2.05) is 16.8 Å². The molecule has 90 valence electrons. The molecule has 0 fully saturated rings. The molecule has 0 unspecified atom stereocenters. The number of thiophene rings is 1. The van der Waals surface area contributed by atoms with E-state index in [1.165, 1.54) is 0 Å². The fourth-order valence-electron chi connectivity index (χ4n) is 1.40. The third-order valence-electron chi connectivity index (χ3n) is 2.30. The van der Waals surface area contributed by atoms with Crippen molar-refractivity contribution < 1.29 is 9.21 Å². The van der Waals surface area contributed by atoms with E-state index in [2.05, 4.69) is 10.2 Å². The standard InChI is InChI=1S/C11H13N3O2S/c1-8-12-13-10(16-8)6-14(2)11(15)5-9-3-4-17-7-9/h3-4,7H,5-6H2,1-2H3. The van der Waals surface area contributed by atoms with Gasteiger partial charge in [-0.2, -0.15) is 11.3 Å². The molecule has 0 spiro atoms. The van der Waals surface area contributed by atoms with Gasteiger partial charge in [0.15, 0.2) is 0 Å². The zero-order valence-corrected chi connectivity index (χ0v) is 10.5. The Kier molecular flexibility index (Phi) is 3.53. The first-order valence-electron chi connectivity index (χ1n) is 5.19. The molecule has 0 aliphatic rings. The van der Waals surface area contributed by atoms with Crippen LogP contribution in [0.5, 0.6) is 0 Å². The van der Waals surface area contributed by atoms with Gasteiger partial charge in [-0.05, 0) is 22.4 Å². The van der Waals surface area contributed by atoms with Crippen molar-refractivity contribution in [1.29, 1.82) is 0 Å². The summed E-state index contributed by atoms with van der Waals surface area (Å²) in [6.45, 7) is 2.08. The Labute approximate surface area is 103 Å². The molecule has 0 atom stereocenters. The van der Waals surface area contributed by atoms with E-state index in [0.717, 1.165) is 5.56 Å². The maximum atomic E-state index is 11.9. The van der Waals surface area contributed by atoms with Crippen LogP contribution in [0.3, 0.4) is 0 Å². The van der Waals surface area contributed by atoms with Crippen molar-refractivity contribution in [3.05, 3.63) is 34.2 Å². The molecular formula is C11H13N3O2S. The first-order valence-corrected chi connectivity index (χ1v) is 6.13. The van der Waals surface area contributed by atoms with Crippen LogP contribution in [0, 0.1) is 6.92 Å². The minimum Gasteiger partial charge on any atom is -0.424 e. The van der Waals surface area contributed by atoms with Crippen molar-refractivity contribution in [2.45, 2.75) is 19.9 Å². The molecule has 0 aromatic carbocycles. The van der Waals surface area contributed by atoms with Crippen molar-refractivity contribution in [3.8, 4) is 0 Å². The summed E-state index contributed by atoms with van der Waals surface area (Å²) in [6.07, 6.45) is 0.410. The fourth-order valence-corrected chi connectivity index (χ4v) is 2.06. The Bertz CT molecular complexity index is 493. The van der Waals surface area contributed by atoms with E-state index in [-0.39, 0.29) is 5.91 Å². The summed E-state index contributed by atoms with van der Waals surface area (Å²) in [7, 11) is 1.73. The van der Waals surface area contributed by atoms with E-state index in [4.69, 9.17) is 4.42 Å². The van der Waals surface area contributed by atoms with Crippen molar-refractivity contribution in [2.75, 3.05) is 7.05 Å². The maximum Gasteiger partial charge on any atom is 0.235 e. The maximum absolute atomic E-state index is 11.9. The van der Waals surface area contributed by atoms with Gasteiger partial charge in [-0.3, -0.25) is 4.79 Å². The molecule has 0 aliphatic heterocycles. The second kappa shape index (κ2) is 5.09. The molecule has 2 heterocycles. The highest BCUT2D eigenvalue weighted by molar-refractivity contribution is 7.07. The van der Waals surface area contributed by atoms with Gasteiger partial charge in [0.25, 0.3) is 0 Å². The lowest BCUT2D eigenvalue weighted by molar-refractivity contribution is -0.130. The molecular weight excluding hydrogens is 238 g/mol. The molecule has 0 radical (unpaired) electrons. The third-order valence-corrected chi connectivity index (χ3v) is 3.03. The number of aromatic nitrogens is 2. The van der Waals surface area contributed by atoms with E-state index in [9.17, 15) is 4.79 Å². The number of hydrogen-bond donors (Lipinski definition) is 0. The van der Waals surface area contributed by atoms with Gasteiger partial charge in [0.2, 0.25) is 17.7 Å². The Morgan fingerprint density at radius 1 is 1.53 bits per heavy atom. The highest BCUT2D eigenvalue weighted by Crippen LogP contribution is 2.09. The Hall–Kier alpha value is -1.69. The number of rotatable bonds is 4. The molecule has 2 aromatic rings. The molecule has 2 rings (SSSR count). The molecule has 0 saturated carbocycles. The number of hydrogen-bond acceptors (Lipinski definition) is 5. The molecule has 17 heavy (non-hydrogen) atoms. The van der Waals surface area contributed by atoms with Crippen molar-refractivity contribution in [1.82, 2.24) is 15.1 Å². The van der Waals surface area contributed by atoms with Crippen LogP contribution < -0.4 is 0 Å². The third kappa shape index (κ3) is 3.13. The highest BCUT2D eigenvalue weighted by Gasteiger charge is 2.13. The van der Waals surface area contributed by atoms with Crippen LogP contribution in [0.4, 0.5) is 0 Å². The van der Waals surface area contributed by atoms with Gasteiger partial charge in [0.05, 0.1) is 13.0 Å². The number of likely N-dealkylation sites (N-methyl/N-ethyl adjacent to an activating group) is 1. The lowest BCUT2D eigenvalue weighted by Gasteiger charge is -2.14. The first kappa shape index (κ1) is 11.8. The highest BCUT2D eigenvalue weighted by atomic mass is 32.1. The van der Waals surface area contributed by atoms with Crippen molar-refractivity contribution >= 4 is 17.2 Å². The minimum atomic E-state index is 0.0410. The molecule has 1 amide bonds. The van der Waals surface area contributed by atoms with Crippen LogP contribution >= 0.6 is 11.3 Å². The molecule has 2 aromatic heterocycles. The quantitative estimate of drug-likeness (QED) is 0.829. The lowest BCUT2D eigenvalue weighted by atomic mass is 10.2. The summed E-state index contributed by atoms with van der Waals surface area (Å²) >= 11 is 1.59. The smallest absolute Gasteiger partial charge is 0.235 e. The summed E-state index contributed by atoms with van der Waals surface area (Å²) in [5.74, 6) is 1.02. The van der Waals surface area contributed by atoms with Crippen LogP contribution in [0.2, 0.25) is 0 Å². The van der Waals surface area contributed by atoms with Gasteiger partial charge in [-0.1, -0.05) is 0 Å². The number of nitrogens with zero attached hydrogens (tertiary/aromatic N) is 3. The fraction of sp³-hybridized carbons (Fsp3) is 0.364. The van der Waals surface area contributed by atoms with E-state index < -0.39 is 0 Å². The first-order chi connectivity index (χ1) is 8.15. The zero-order valence-electron chi connectivity index (χ0n) is 9.71. The SMILES string of the molecule is Cc1nnc(CN(C)C(=O)Cc2ccsc2)o1. The van der Waals surface area contributed by atoms with Crippen molar-refractivity contribution in [2.24, 2.45) is 0 Å². The van der Waals surface area contributed by atoms with Crippen molar-refractivity contribution in [3.63, 3.8) is 0 Å². The lowest BCUT2D eigenvalue weighted by Crippen LogP contribution is -2.27. The number of aryl methyl sites for hydroxylation is 1. The van der Waals surface area contributed by atoms with E-state index in [0.29, 0.717) is 24.7 Å². The Morgan fingerprint density at radius 3 is 2.94 bits per heavy atom. The van der Waals surface area contributed by atoms with Crippen LogP contribution in [0.1, 0.15) is 17.3 Å². The molecule has 0 aliphatic carbocycles. The normalized spacial score (nSPS) is 10.5. The number of amides is 1. The van der Waals surface area contributed by atoms with Gasteiger partial charge >= 0.3 is 0 Å². The number of carbonyl (C=O) groups is 1. The van der Waals surface area contributed by atoms with Gasteiger partial charge in [0, 0.05) is 14.0 Å². The molecule has 5 nitrogen and oxygen atoms in total. The minimum absolute atomic E-state index is 0.0410. The predicted molar refractivity (Wildman–Crippen MR) is 63.5 cm³/mol. The van der Waals surface area contributed by atoms with Gasteiger partial charge in [-0.25, -0.2) is 0 Å². The average Bonchev–Trinajstić information content (AvgIpc) is 2.90. The molecule has 0 saturated heterocycles. The van der Waals surface area contributed by atoms with Crippen LogP contribution in [-0.4, -0.2) is 28.1 Å². The molecule has 0 bridgehead atoms. The van der Waals surface area contributed by atoms with E-state index in [1.54, 1.807) is 30.2 Å². The van der Waals surface area contributed by atoms with Crippen LogP contribution in [0.15, 0.2) is 21.2 Å². The summed E-state index contributed by atoms with van der Waals surface area (Å²) in [5.41, 5.74) is 1.04. The Morgan fingerprint density at radius 2 is 2.35 bits per heavy atom. The summed E-state index contributed by atoms with van der Waals surface area (Å²) in [5, 5.41) is 11.5. The van der Waals surface area contributed by atoms with Crippen LogP contribution in [-0.2, 0) is 17.8 Å². The predicted octanol–water partition coefficient (Wildman–Crippen LogP) is 1.64. The second-order valence-corrected chi connectivity index (χ2v) is 4.55. The topological polar surface area (TPSA) is 59.2 Å². The number of carbonyl (C=O) groups excluding carboxylic acids is 1. The molecule has 0 N–H and O–H groups in total. The van der Waals surface area contributed by atoms with E-state index >= 15 is 0 Å². The largest absolute Gasteiger partial charge is 0.424 e. The molecule has 6 heteroatoms. The summed E-state index contributed by atoms with van der Waals surface area (Å²) in [4.78, 5) is 13.5. The summed E-state index contributed by atoms with van der Waals surface area (Å²) < 4.78 is 5.23.